The molecule has 0 saturated carbocycles. The fourth-order valence-electron chi connectivity index (χ4n) is 3.38. The van der Waals surface area contributed by atoms with E-state index in [-0.39, 0.29) is 45.7 Å². The van der Waals surface area contributed by atoms with Crippen LogP contribution in [0.25, 0.3) is 0 Å². The number of benzene rings is 2. The summed E-state index contributed by atoms with van der Waals surface area (Å²) in [4.78, 5) is 12.3. The Morgan fingerprint density at radius 2 is 1.69 bits per heavy atom. The van der Waals surface area contributed by atoms with Gasteiger partial charge in [0.25, 0.3) is 0 Å². The predicted molar refractivity (Wildman–Crippen MR) is 111 cm³/mol. The van der Waals surface area contributed by atoms with Crippen LogP contribution >= 0.6 is 23.2 Å². The summed E-state index contributed by atoms with van der Waals surface area (Å²) in [6.07, 6.45) is 1.19. The third-order valence-electron chi connectivity index (χ3n) is 4.99. The first-order valence-corrected chi connectivity index (χ1v) is 11.5. The van der Waals surface area contributed by atoms with Crippen molar-refractivity contribution in [1.82, 2.24) is 9.62 Å². The molecule has 1 fully saturated rings. The van der Waals surface area contributed by atoms with Crippen LogP contribution in [0.4, 0.5) is 4.39 Å². The summed E-state index contributed by atoms with van der Waals surface area (Å²) in [6, 6.07) is 11.0. The number of nitrogens with zero attached hydrogens (tertiary/aromatic N) is 1. The molecule has 0 unspecified atom stereocenters. The van der Waals surface area contributed by atoms with Gasteiger partial charge >= 0.3 is 0 Å². The highest BCUT2D eigenvalue weighted by Gasteiger charge is 2.34. The van der Waals surface area contributed by atoms with Gasteiger partial charge in [0.15, 0.2) is 0 Å². The first kappa shape index (κ1) is 22.0. The number of hydrogen-bond donors (Lipinski definition) is 1. The number of halogens is 3. The number of piperidine rings is 1. The van der Waals surface area contributed by atoms with Crippen molar-refractivity contribution in [3.8, 4) is 0 Å². The summed E-state index contributed by atoms with van der Waals surface area (Å²) >= 11 is 12.1. The number of hydrogen-bond acceptors (Lipinski definition) is 3. The monoisotopic (exact) mass is 458 g/mol. The Bertz CT molecular complexity index is 973. The summed E-state index contributed by atoms with van der Waals surface area (Å²) < 4.78 is 40.7. The maximum Gasteiger partial charge on any atom is 0.246 e. The zero-order valence-electron chi connectivity index (χ0n) is 15.6. The van der Waals surface area contributed by atoms with Crippen LogP contribution in [0, 0.1) is 11.7 Å². The first-order valence-electron chi connectivity index (χ1n) is 9.26. The Morgan fingerprint density at radius 3 is 2.31 bits per heavy atom. The molecule has 156 valence electrons. The molecule has 5 nitrogen and oxygen atoms in total. The molecule has 1 aliphatic heterocycles. The molecule has 9 heteroatoms. The van der Waals surface area contributed by atoms with Crippen molar-refractivity contribution in [1.29, 1.82) is 0 Å². The van der Waals surface area contributed by atoms with E-state index in [2.05, 4.69) is 5.32 Å². The molecule has 1 N–H and O–H groups in total. The average Bonchev–Trinajstić information content (AvgIpc) is 2.69. The van der Waals surface area contributed by atoms with E-state index >= 15 is 0 Å². The van der Waals surface area contributed by atoms with Crippen molar-refractivity contribution < 1.29 is 17.6 Å². The molecule has 2 aromatic carbocycles. The van der Waals surface area contributed by atoms with Crippen molar-refractivity contribution in [2.24, 2.45) is 5.92 Å². The fraction of sp³-hybridized carbons (Fsp3) is 0.350. The van der Waals surface area contributed by atoms with Crippen molar-refractivity contribution in [2.45, 2.75) is 24.2 Å². The number of amides is 1. The summed E-state index contributed by atoms with van der Waals surface area (Å²) in [5.41, 5.74) is 0.547. The van der Waals surface area contributed by atoms with Gasteiger partial charge < -0.3 is 5.32 Å². The van der Waals surface area contributed by atoms with Crippen molar-refractivity contribution in [3.05, 3.63) is 63.9 Å². The number of nitrogens with one attached hydrogen (secondary N) is 1. The second kappa shape index (κ2) is 9.43. The lowest BCUT2D eigenvalue weighted by molar-refractivity contribution is -0.126. The van der Waals surface area contributed by atoms with E-state index in [1.54, 1.807) is 24.3 Å². The minimum Gasteiger partial charge on any atom is -0.356 e. The fourth-order valence-corrected chi connectivity index (χ4v) is 5.94. The molecule has 0 aliphatic carbocycles. The summed E-state index contributed by atoms with van der Waals surface area (Å²) in [5.74, 6) is -0.726. The Hall–Kier alpha value is -1.67. The van der Waals surface area contributed by atoms with Gasteiger partial charge in [-0.3, -0.25) is 4.79 Å². The molecule has 0 spiro atoms. The molecular weight excluding hydrogens is 438 g/mol. The van der Waals surface area contributed by atoms with Gasteiger partial charge in [-0.2, -0.15) is 4.31 Å². The van der Waals surface area contributed by atoms with Crippen molar-refractivity contribution >= 4 is 39.1 Å². The topological polar surface area (TPSA) is 66.5 Å². The van der Waals surface area contributed by atoms with E-state index in [4.69, 9.17) is 23.2 Å². The van der Waals surface area contributed by atoms with Crippen LogP contribution in [-0.4, -0.2) is 38.3 Å². The number of sulfonamides is 1. The van der Waals surface area contributed by atoms with E-state index in [9.17, 15) is 17.6 Å². The van der Waals surface area contributed by atoms with E-state index in [0.717, 1.165) is 0 Å². The quantitative estimate of drug-likeness (QED) is 0.713. The van der Waals surface area contributed by atoms with Crippen LogP contribution in [0.15, 0.2) is 47.4 Å². The predicted octanol–water partition coefficient (Wildman–Crippen LogP) is 3.89. The Morgan fingerprint density at radius 1 is 1.07 bits per heavy atom. The van der Waals surface area contributed by atoms with Gasteiger partial charge in [-0.15, -0.1) is 0 Å². The lowest BCUT2D eigenvalue weighted by Crippen LogP contribution is -2.43. The lowest BCUT2D eigenvalue weighted by atomic mass is 9.97. The molecule has 0 aromatic heterocycles. The molecule has 0 radical (unpaired) electrons. The van der Waals surface area contributed by atoms with E-state index in [1.165, 1.54) is 22.5 Å². The maximum atomic E-state index is 13.6. The minimum absolute atomic E-state index is 0.0745. The smallest absolute Gasteiger partial charge is 0.246 e. The van der Waals surface area contributed by atoms with Gasteiger partial charge in [0.05, 0.1) is 10.0 Å². The van der Waals surface area contributed by atoms with Gasteiger partial charge in [-0.1, -0.05) is 47.5 Å². The van der Waals surface area contributed by atoms with Gasteiger partial charge in [-0.05, 0) is 43.0 Å². The second-order valence-electron chi connectivity index (χ2n) is 6.86. The SMILES string of the molecule is O=C(NCCc1ccccc1F)C1CCN(S(=O)(=O)c2c(Cl)cccc2Cl)CC1. The summed E-state index contributed by atoms with van der Waals surface area (Å²) in [5, 5.41) is 2.96. The van der Waals surface area contributed by atoms with Crippen LogP contribution in [0.5, 0.6) is 0 Å². The molecule has 29 heavy (non-hydrogen) atoms. The van der Waals surface area contributed by atoms with Gasteiger partial charge in [0.2, 0.25) is 15.9 Å². The summed E-state index contributed by atoms with van der Waals surface area (Å²) in [7, 11) is -3.83. The van der Waals surface area contributed by atoms with Crippen LogP contribution in [0.3, 0.4) is 0 Å². The molecular formula is C20H21Cl2FN2O3S. The second-order valence-corrected chi connectivity index (χ2v) is 9.55. The number of carbonyl (C=O) groups excluding carboxylic acids is 1. The zero-order valence-corrected chi connectivity index (χ0v) is 17.9. The number of rotatable bonds is 6. The van der Waals surface area contributed by atoms with Crippen LogP contribution in [0.1, 0.15) is 18.4 Å². The standard InChI is InChI=1S/C20H21Cl2FN2O3S/c21-16-5-3-6-17(22)19(16)29(27,28)25-12-9-15(10-13-25)20(26)24-11-8-14-4-1-2-7-18(14)23/h1-7,15H,8-13H2,(H,24,26). The first-order chi connectivity index (χ1) is 13.8. The van der Waals surface area contributed by atoms with Crippen LogP contribution in [0.2, 0.25) is 10.0 Å². The molecule has 1 aliphatic rings. The third-order valence-corrected chi connectivity index (χ3v) is 7.85. The molecule has 3 rings (SSSR count). The Balaban J connectivity index is 1.54. The van der Waals surface area contributed by atoms with E-state index in [1.807, 2.05) is 0 Å². The minimum atomic E-state index is -3.83. The summed E-state index contributed by atoms with van der Waals surface area (Å²) in [6.45, 7) is 0.734. The molecule has 2 aromatic rings. The molecule has 1 heterocycles. The highest BCUT2D eigenvalue weighted by atomic mass is 35.5. The van der Waals surface area contributed by atoms with Gasteiger partial charge in [-0.25, -0.2) is 12.8 Å². The highest BCUT2D eigenvalue weighted by molar-refractivity contribution is 7.89. The molecule has 1 saturated heterocycles. The normalized spacial score (nSPS) is 16.0. The lowest BCUT2D eigenvalue weighted by Gasteiger charge is -2.31. The highest BCUT2D eigenvalue weighted by Crippen LogP contribution is 2.33. The van der Waals surface area contributed by atoms with Crippen LogP contribution < -0.4 is 5.32 Å². The Labute approximate surface area is 179 Å². The van der Waals surface area contributed by atoms with E-state index < -0.39 is 10.0 Å². The van der Waals surface area contributed by atoms with Crippen molar-refractivity contribution in [3.63, 3.8) is 0 Å². The average molecular weight is 459 g/mol. The third kappa shape index (κ3) is 5.09. The molecule has 1 amide bonds. The van der Waals surface area contributed by atoms with Gasteiger partial charge in [0, 0.05) is 25.6 Å². The largest absolute Gasteiger partial charge is 0.356 e. The Kier molecular flexibility index (Phi) is 7.16. The number of carbonyl (C=O) groups is 1. The zero-order chi connectivity index (χ0) is 21.0. The van der Waals surface area contributed by atoms with E-state index in [0.29, 0.717) is 31.4 Å². The molecule has 0 atom stereocenters. The molecule has 0 bridgehead atoms. The van der Waals surface area contributed by atoms with Gasteiger partial charge in [0.1, 0.15) is 10.7 Å². The van der Waals surface area contributed by atoms with Crippen molar-refractivity contribution in [2.75, 3.05) is 19.6 Å². The van der Waals surface area contributed by atoms with Crippen LogP contribution in [-0.2, 0) is 21.2 Å². The maximum absolute atomic E-state index is 13.6.